The summed E-state index contributed by atoms with van der Waals surface area (Å²) in [4.78, 5) is 32.4. The van der Waals surface area contributed by atoms with Crippen molar-refractivity contribution in [3.05, 3.63) is 0 Å². The van der Waals surface area contributed by atoms with Crippen LogP contribution in [0.2, 0.25) is 0 Å². The van der Waals surface area contributed by atoms with Crippen molar-refractivity contribution < 1.29 is 27.2 Å². The van der Waals surface area contributed by atoms with Crippen molar-refractivity contribution in [1.82, 2.24) is 10.6 Å². The Hall–Kier alpha value is -1.30. The molecule has 4 saturated carbocycles. The number of thioether (sulfide) groups is 2. The number of hydrogen-bond donors (Lipinski definition) is 2. The van der Waals surface area contributed by atoms with Crippen LogP contribution in [0, 0.1) is 35.5 Å². The second-order valence-corrected chi connectivity index (χ2v) is 14.6. The highest BCUT2D eigenvalue weighted by molar-refractivity contribution is 8.16. The zero-order valence-electron chi connectivity index (χ0n) is 22.1. The molecule has 8 unspecified atom stereocenters. The first-order chi connectivity index (χ1) is 17.7. The van der Waals surface area contributed by atoms with Crippen LogP contribution in [0.5, 0.6) is 0 Å². The lowest BCUT2D eigenvalue weighted by molar-refractivity contribution is -0.120. The van der Waals surface area contributed by atoms with Gasteiger partial charge in [-0.1, -0.05) is 51.2 Å². The fourth-order valence-electron chi connectivity index (χ4n) is 6.82. The molecule has 4 aliphatic carbocycles. The van der Waals surface area contributed by atoms with Gasteiger partial charge < -0.3 is 10.6 Å². The zero-order chi connectivity index (χ0) is 27.6. The van der Waals surface area contributed by atoms with Crippen molar-refractivity contribution in [2.24, 2.45) is 45.5 Å². The third-order valence-electron chi connectivity index (χ3n) is 8.75. The highest BCUT2D eigenvalue weighted by Crippen LogP contribution is 2.56. The molecule has 2 heterocycles. The number of nitrogens with zero attached hydrogens (tertiary/aromatic N) is 2. The van der Waals surface area contributed by atoms with Crippen molar-refractivity contribution in [3.8, 4) is 0 Å². The normalized spacial score (nSPS) is 42.4. The molecule has 0 aromatic carbocycles. The Morgan fingerprint density at radius 2 is 1.32 bits per heavy atom. The lowest BCUT2D eigenvalue weighted by Gasteiger charge is -2.26. The molecule has 0 aromatic heterocycles. The maximum atomic E-state index is 13.7. The molecule has 2 N–H and O–H groups in total. The molecule has 6 aliphatic rings. The third kappa shape index (κ3) is 5.49. The van der Waals surface area contributed by atoms with E-state index in [0.29, 0.717) is 29.6 Å². The van der Waals surface area contributed by atoms with Crippen LogP contribution in [-0.2, 0) is 9.59 Å². The molecule has 8 atom stereocenters. The van der Waals surface area contributed by atoms with Gasteiger partial charge in [0.15, 0.2) is 10.3 Å². The maximum absolute atomic E-state index is 13.7. The van der Waals surface area contributed by atoms with E-state index in [2.05, 4.69) is 20.6 Å². The van der Waals surface area contributed by atoms with Crippen LogP contribution in [0.15, 0.2) is 9.98 Å². The van der Waals surface area contributed by atoms with Crippen LogP contribution in [0.1, 0.15) is 66.2 Å². The van der Waals surface area contributed by atoms with Gasteiger partial charge in [-0.3, -0.25) is 19.6 Å². The molecule has 0 aromatic rings. The maximum Gasteiger partial charge on any atom is 0.253 e. The Labute approximate surface area is 229 Å². The van der Waals surface area contributed by atoms with E-state index in [-0.39, 0.29) is 70.9 Å². The fourth-order valence-corrected chi connectivity index (χ4v) is 8.89. The minimum atomic E-state index is -2.57. The van der Waals surface area contributed by atoms with Crippen LogP contribution in [-0.4, -0.2) is 56.6 Å². The van der Waals surface area contributed by atoms with Gasteiger partial charge >= 0.3 is 0 Å². The van der Waals surface area contributed by atoms with Gasteiger partial charge in [-0.2, -0.15) is 0 Å². The molecule has 0 radical (unpaired) electrons. The van der Waals surface area contributed by atoms with E-state index in [0.717, 1.165) is 6.42 Å². The minimum absolute atomic E-state index is 0.00719. The highest BCUT2D eigenvalue weighted by atomic mass is 32.2. The summed E-state index contributed by atoms with van der Waals surface area (Å²) in [6.45, 7) is 7.95. The summed E-state index contributed by atoms with van der Waals surface area (Å²) in [5.41, 5.74) is 0. The lowest BCUT2D eigenvalue weighted by atomic mass is 9.92. The summed E-state index contributed by atoms with van der Waals surface area (Å²) in [7, 11) is 0. The molecule has 6 rings (SSSR count). The standard InChI is InChI=1S/2C13H18F2N2OS/c1-6(2)10-11(18)17-12(19-10)16-9-4-8-3-7(9)5-13(8,14)15;1-6(2)10-11(18)17-12(19-10)16-9-4-7-3-8(9)13(14,15)5-7/h2*6-10H,3-5H2,1-2H3,(H,16,17,18). The average Bonchev–Trinajstić information content (AvgIpc) is 3.61. The SMILES string of the molecule is CC(C)C1SC(=NC2CC3CC2C(F)(F)C3)NC1=O.CC(C)C1SC(=NC2CC3CC2CC3(F)F)NC1=O. The fraction of sp³-hybridized carbons (Fsp3) is 0.846. The molecular weight excluding hydrogens is 540 g/mol. The van der Waals surface area contributed by atoms with Gasteiger partial charge in [0.05, 0.1) is 22.6 Å². The Kier molecular flexibility index (Phi) is 7.63. The van der Waals surface area contributed by atoms with E-state index in [4.69, 9.17) is 0 Å². The van der Waals surface area contributed by atoms with Crippen molar-refractivity contribution in [3.63, 3.8) is 0 Å². The monoisotopic (exact) mass is 576 g/mol. The number of fused-ring (bicyclic) bond motifs is 4. The number of carbonyl (C=O) groups excluding carboxylic acids is 2. The third-order valence-corrected chi connectivity index (χ3v) is 11.6. The molecule has 2 saturated heterocycles. The van der Waals surface area contributed by atoms with E-state index >= 15 is 0 Å². The van der Waals surface area contributed by atoms with Gasteiger partial charge in [0.25, 0.3) is 11.8 Å². The Morgan fingerprint density at radius 3 is 1.71 bits per heavy atom. The first-order valence-electron chi connectivity index (χ1n) is 13.6. The zero-order valence-corrected chi connectivity index (χ0v) is 23.7. The summed E-state index contributed by atoms with van der Waals surface area (Å²) < 4.78 is 54.2. The molecule has 12 heteroatoms. The van der Waals surface area contributed by atoms with Crippen LogP contribution in [0.4, 0.5) is 17.6 Å². The first kappa shape index (κ1) is 28.2. The van der Waals surface area contributed by atoms with Gasteiger partial charge in [-0.05, 0) is 49.4 Å². The van der Waals surface area contributed by atoms with Crippen LogP contribution < -0.4 is 10.6 Å². The summed E-state index contributed by atoms with van der Waals surface area (Å²) in [6, 6.07) is -0.346. The van der Waals surface area contributed by atoms with Crippen LogP contribution >= 0.6 is 23.5 Å². The number of aliphatic imine (C=N–C) groups is 2. The number of hydrogen-bond acceptors (Lipinski definition) is 6. The van der Waals surface area contributed by atoms with Gasteiger partial charge in [0.2, 0.25) is 11.8 Å². The Morgan fingerprint density at radius 1 is 0.763 bits per heavy atom. The second-order valence-electron chi connectivity index (χ2n) is 12.3. The molecule has 38 heavy (non-hydrogen) atoms. The van der Waals surface area contributed by atoms with E-state index in [1.165, 1.54) is 23.5 Å². The molecule has 4 bridgehead atoms. The molecular formula is C26H36F4N4O2S2. The predicted molar refractivity (Wildman–Crippen MR) is 143 cm³/mol. The first-order valence-corrected chi connectivity index (χ1v) is 15.4. The average molecular weight is 577 g/mol. The Balaban J connectivity index is 0.000000155. The molecule has 2 aliphatic heterocycles. The number of alkyl halides is 4. The van der Waals surface area contributed by atoms with E-state index < -0.39 is 23.7 Å². The summed E-state index contributed by atoms with van der Waals surface area (Å²) in [6.07, 6.45) is 2.36. The highest BCUT2D eigenvalue weighted by Gasteiger charge is 2.58. The van der Waals surface area contributed by atoms with Gasteiger partial charge in [-0.25, -0.2) is 17.6 Å². The predicted octanol–water partition coefficient (Wildman–Crippen LogP) is 5.33. The van der Waals surface area contributed by atoms with Gasteiger partial charge in [0.1, 0.15) is 0 Å². The second kappa shape index (κ2) is 10.3. The van der Waals surface area contributed by atoms with Crippen molar-refractivity contribution in [1.29, 1.82) is 0 Å². The molecule has 6 fully saturated rings. The smallest absolute Gasteiger partial charge is 0.253 e. The van der Waals surface area contributed by atoms with E-state index in [9.17, 15) is 27.2 Å². The topological polar surface area (TPSA) is 82.9 Å². The van der Waals surface area contributed by atoms with Crippen LogP contribution in [0.3, 0.4) is 0 Å². The van der Waals surface area contributed by atoms with E-state index in [1.807, 2.05) is 27.7 Å². The number of carbonyl (C=O) groups is 2. The Bertz CT molecular complexity index is 1040. The van der Waals surface area contributed by atoms with Gasteiger partial charge in [-0.15, -0.1) is 0 Å². The quantitative estimate of drug-likeness (QED) is 0.444. The molecule has 212 valence electrons. The number of nitrogens with one attached hydrogen (secondary N) is 2. The van der Waals surface area contributed by atoms with Crippen molar-refractivity contribution in [2.75, 3.05) is 0 Å². The minimum Gasteiger partial charge on any atom is -0.304 e. The largest absolute Gasteiger partial charge is 0.304 e. The summed E-state index contributed by atoms with van der Waals surface area (Å²) >= 11 is 2.83. The van der Waals surface area contributed by atoms with Crippen molar-refractivity contribution in [2.45, 2.75) is 101 Å². The molecule has 6 nitrogen and oxygen atoms in total. The van der Waals surface area contributed by atoms with Crippen LogP contribution in [0.25, 0.3) is 0 Å². The number of amidine groups is 2. The summed E-state index contributed by atoms with van der Waals surface area (Å²) in [5.74, 6) is -5.67. The van der Waals surface area contributed by atoms with Gasteiger partial charge in [0, 0.05) is 24.7 Å². The summed E-state index contributed by atoms with van der Waals surface area (Å²) in [5, 5.41) is 6.44. The van der Waals surface area contributed by atoms with E-state index in [1.54, 1.807) is 0 Å². The molecule has 2 amide bonds. The lowest BCUT2D eigenvalue weighted by Crippen LogP contribution is -2.34. The molecule has 0 spiro atoms. The van der Waals surface area contributed by atoms with Crippen molar-refractivity contribution >= 4 is 45.7 Å². The number of halogens is 4. The number of rotatable bonds is 4. The number of amides is 2.